The van der Waals surface area contributed by atoms with Crippen molar-refractivity contribution in [3.63, 3.8) is 0 Å². The molecule has 5 heteroatoms. The van der Waals surface area contributed by atoms with E-state index in [1.54, 1.807) is 0 Å². The number of hydrogen-bond acceptors (Lipinski definition) is 3. The summed E-state index contributed by atoms with van der Waals surface area (Å²) < 4.78 is 0.939. The molecular formula is C14H9BrClN3. The molecule has 0 amide bonds. The molecule has 1 N–H and O–H groups in total. The van der Waals surface area contributed by atoms with Gasteiger partial charge in [-0.3, -0.25) is 0 Å². The minimum atomic E-state index is 0.657. The smallest absolute Gasteiger partial charge is 0.141 e. The van der Waals surface area contributed by atoms with Crippen LogP contribution in [0, 0.1) is 0 Å². The van der Waals surface area contributed by atoms with Crippen LogP contribution in [0.5, 0.6) is 0 Å². The molecule has 0 aliphatic heterocycles. The largest absolute Gasteiger partial charge is 0.338 e. The Bertz CT molecular complexity index is 746. The van der Waals surface area contributed by atoms with Gasteiger partial charge in [-0.2, -0.15) is 0 Å². The molecule has 0 bridgehead atoms. The van der Waals surface area contributed by atoms with E-state index < -0.39 is 0 Å². The molecule has 0 fully saturated rings. The Hall–Kier alpha value is -1.65. The van der Waals surface area contributed by atoms with Gasteiger partial charge in [0.25, 0.3) is 0 Å². The van der Waals surface area contributed by atoms with Crippen LogP contribution < -0.4 is 5.32 Å². The predicted molar refractivity (Wildman–Crippen MR) is 82.0 cm³/mol. The molecule has 0 saturated carbocycles. The minimum absolute atomic E-state index is 0.657. The first-order chi connectivity index (χ1) is 9.25. The van der Waals surface area contributed by atoms with Crippen molar-refractivity contribution in [2.45, 2.75) is 0 Å². The van der Waals surface area contributed by atoms with Crippen molar-refractivity contribution in [3.05, 3.63) is 58.3 Å². The second kappa shape index (κ2) is 5.15. The Morgan fingerprint density at radius 3 is 2.68 bits per heavy atom. The van der Waals surface area contributed by atoms with E-state index in [0.717, 1.165) is 26.9 Å². The molecule has 0 aliphatic carbocycles. The zero-order chi connectivity index (χ0) is 13.2. The standard InChI is InChI=1S/C14H9BrClN3/c15-10-5-3-4-9-13(10)17-8-18-14(9)19-12-7-2-1-6-11(12)16/h1-8H,(H,17,18,19). The van der Waals surface area contributed by atoms with Gasteiger partial charge in [-0.25, -0.2) is 9.97 Å². The lowest BCUT2D eigenvalue weighted by Gasteiger charge is -2.10. The molecule has 3 rings (SSSR count). The van der Waals surface area contributed by atoms with Crippen LogP contribution in [-0.2, 0) is 0 Å². The number of hydrogen-bond donors (Lipinski definition) is 1. The molecule has 1 heterocycles. The first kappa shape index (κ1) is 12.4. The second-order valence-corrected chi connectivity index (χ2v) is 5.22. The van der Waals surface area contributed by atoms with Gasteiger partial charge in [0.15, 0.2) is 0 Å². The topological polar surface area (TPSA) is 37.8 Å². The number of halogens is 2. The van der Waals surface area contributed by atoms with Crippen LogP contribution in [0.3, 0.4) is 0 Å². The maximum atomic E-state index is 6.14. The van der Waals surface area contributed by atoms with Crippen LogP contribution in [0.25, 0.3) is 10.9 Å². The van der Waals surface area contributed by atoms with Gasteiger partial charge in [0.05, 0.1) is 16.2 Å². The normalized spacial score (nSPS) is 10.6. The number of benzene rings is 2. The Labute approximate surface area is 123 Å². The van der Waals surface area contributed by atoms with Crippen LogP contribution in [0.4, 0.5) is 11.5 Å². The van der Waals surface area contributed by atoms with Gasteiger partial charge in [-0.15, -0.1) is 0 Å². The summed E-state index contributed by atoms with van der Waals surface area (Å²) in [6, 6.07) is 13.4. The summed E-state index contributed by atoms with van der Waals surface area (Å²) in [6.45, 7) is 0. The highest BCUT2D eigenvalue weighted by Gasteiger charge is 2.07. The van der Waals surface area contributed by atoms with Crippen molar-refractivity contribution in [2.24, 2.45) is 0 Å². The first-order valence-electron chi connectivity index (χ1n) is 5.66. The lowest BCUT2D eigenvalue weighted by Crippen LogP contribution is -1.96. The van der Waals surface area contributed by atoms with E-state index in [1.165, 1.54) is 6.33 Å². The number of para-hydroxylation sites is 2. The fourth-order valence-corrected chi connectivity index (χ4v) is 2.49. The molecular weight excluding hydrogens is 326 g/mol. The van der Waals surface area contributed by atoms with Gasteiger partial charge in [-0.1, -0.05) is 29.8 Å². The maximum absolute atomic E-state index is 6.14. The lowest BCUT2D eigenvalue weighted by atomic mass is 10.2. The zero-order valence-electron chi connectivity index (χ0n) is 9.77. The van der Waals surface area contributed by atoms with E-state index in [-0.39, 0.29) is 0 Å². The lowest BCUT2D eigenvalue weighted by molar-refractivity contribution is 1.21. The van der Waals surface area contributed by atoms with E-state index in [2.05, 4.69) is 31.2 Å². The van der Waals surface area contributed by atoms with Crippen molar-refractivity contribution in [1.29, 1.82) is 0 Å². The Morgan fingerprint density at radius 1 is 1.00 bits per heavy atom. The number of anilines is 2. The molecule has 0 aliphatic rings. The van der Waals surface area contributed by atoms with Gasteiger partial charge in [0.1, 0.15) is 12.1 Å². The van der Waals surface area contributed by atoms with Crippen LogP contribution in [0.15, 0.2) is 53.3 Å². The van der Waals surface area contributed by atoms with Crippen LogP contribution in [0.1, 0.15) is 0 Å². The van der Waals surface area contributed by atoms with E-state index in [4.69, 9.17) is 11.6 Å². The highest BCUT2D eigenvalue weighted by molar-refractivity contribution is 9.10. The van der Waals surface area contributed by atoms with Gasteiger partial charge in [-0.05, 0) is 40.2 Å². The van der Waals surface area contributed by atoms with Crippen molar-refractivity contribution in [2.75, 3.05) is 5.32 Å². The molecule has 3 nitrogen and oxygen atoms in total. The van der Waals surface area contributed by atoms with Gasteiger partial charge < -0.3 is 5.32 Å². The summed E-state index contributed by atoms with van der Waals surface area (Å²) in [6.07, 6.45) is 1.53. The van der Waals surface area contributed by atoms with Crippen LogP contribution in [-0.4, -0.2) is 9.97 Å². The number of rotatable bonds is 2. The molecule has 2 aromatic carbocycles. The molecule has 0 spiro atoms. The summed E-state index contributed by atoms with van der Waals surface area (Å²) in [4.78, 5) is 8.56. The van der Waals surface area contributed by atoms with Gasteiger partial charge in [0, 0.05) is 9.86 Å². The molecule has 0 saturated heterocycles. The molecule has 0 unspecified atom stereocenters. The van der Waals surface area contributed by atoms with E-state index in [1.807, 2.05) is 42.5 Å². The molecule has 19 heavy (non-hydrogen) atoms. The Kier molecular flexibility index (Phi) is 3.36. The molecule has 94 valence electrons. The first-order valence-corrected chi connectivity index (χ1v) is 6.83. The van der Waals surface area contributed by atoms with Crippen molar-refractivity contribution < 1.29 is 0 Å². The summed E-state index contributed by atoms with van der Waals surface area (Å²) in [5, 5.41) is 4.84. The monoisotopic (exact) mass is 333 g/mol. The van der Waals surface area contributed by atoms with Gasteiger partial charge >= 0.3 is 0 Å². The van der Waals surface area contributed by atoms with Crippen molar-refractivity contribution in [3.8, 4) is 0 Å². The average molecular weight is 335 g/mol. The molecule has 1 aromatic heterocycles. The summed E-state index contributed by atoms with van der Waals surface area (Å²) in [5.41, 5.74) is 1.69. The Balaban J connectivity index is 2.12. The number of nitrogens with one attached hydrogen (secondary N) is 1. The third kappa shape index (κ3) is 2.41. The summed E-state index contributed by atoms with van der Waals surface area (Å²) in [5.74, 6) is 0.736. The predicted octanol–water partition coefficient (Wildman–Crippen LogP) is 4.79. The van der Waals surface area contributed by atoms with Crippen LogP contribution in [0.2, 0.25) is 5.02 Å². The third-order valence-corrected chi connectivity index (χ3v) is 3.71. The fourth-order valence-electron chi connectivity index (χ4n) is 1.84. The number of nitrogens with zero attached hydrogens (tertiary/aromatic N) is 2. The molecule has 0 atom stereocenters. The quantitative estimate of drug-likeness (QED) is 0.732. The van der Waals surface area contributed by atoms with Crippen molar-refractivity contribution >= 4 is 49.9 Å². The highest BCUT2D eigenvalue weighted by Crippen LogP contribution is 2.30. The number of fused-ring (bicyclic) bond motifs is 1. The maximum Gasteiger partial charge on any atom is 0.141 e. The third-order valence-electron chi connectivity index (χ3n) is 2.74. The zero-order valence-corrected chi connectivity index (χ0v) is 12.1. The Morgan fingerprint density at radius 2 is 1.84 bits per heavy atom. The van der Waals surface area contributed by atoms with Gasteiger partial charge in [0.2, 0.25) is 0 Å². The molecule has 3 aromatic rings. The summed E-state index contributed by atoms with van der Waals surface area (Å²) in [7, 11) is 0. The van der Waals surface area contributed by atoms with E-state index >= 15 is 0 Å². The number of aromatic nitrogens is 2. The summed E-state index contributed by atoms with van der Waals surface area (Å²) >= 11 is 9.63. The second-order valence-electron chi connectivity index (χ2n) is 3.96. The SMILES string of the molecule is Clc1ccccc1Nc1ncnc2c(Br)cccc12. The van der Waals surface area contributed by atoms with E-state index in [9.17, 15) is 0 Å². The van der Waals surface area contributed by atoms with Crippen LogP contribution >= 0.6 is 27.5 Å². The van der Waals surface area contributed by atoms with Crippen molar-refractivity contribution in [1.82, 2.24) is 9.97 Å². The fraction of sp³-hybridized carbons (Fsp3) is 0. The van der Waals surface area contributed by atoms with E-state index in [0.29, 0.717) is 5.02 Å². The molecule has 0 radical (unpaired) electrons. The average Bonchev–Trinajstić information content (AvgIpc) is 2.42. The highest BCUT2D eigenvalue weighted by atomic mass is 79.9. The minimum Gasteiger partial charge on any atom is -0.338 e.